The van der Waals surface area contributed by atoms with Gasteiger partial charge in [0.25, 0.3) is 5.91 Å². The van der Waals surface area contributed by atoms with E-state index in [4.69, 9.17) is 0 Å². The lowest BCUT2D eigenvalue weighted by Crippen LogP contribution is -2.32. The van der Waals surface area contributed by atoms with Crippen molar-refractivity contribution in [3.05, 3.63) is 62.7 Å². The van der Waals surface area contributed by atoms with Crippen molar-refractivity contribution in [3.63, 3.8) is 0 Å². The monoisotopic (exact) mass is 347 g/mol. The van der Waals surface area contributed by atoms with E-state index in [2.05, 4.69) is 25.9 Å². The Kier molecular flexibility index (Phi) is 3.88. The maximum absolute atomic E-state index is 12.7. The van der Waals surface area contributed by atoms with Gasteiger partial charge in [0, 0.05) is 29.5 Å². The smallest absolute Gasteiger partial charge is 0.255 e. The maximum Gasteiger partial charge on any atom is 0.255 e. The minimum Gasteiger partial charge on any atom is -0.330 e. The first-order valence-electron chi connectivity index (χ1n) is 6.77. The second-order valence-corrected chi connectivity index (χ2v) is 5.82. The van der Waals surface area contributed by atoms with Crippen molar-refractivity contribution in [1.82, 2.24) is 14.9 Å². The van der Waals surface area contributed by atoms with Gasteiger partial charge in [0.15, 0.2) is 0 Å². The summed E-state index contributed by atoms with van der Waals surface area (Å²) in [6.45, 7) is 0.680. The Morgan fingerprint density at radius 3 is 3.05 bits per heavy atom. The molecular formula is C15H14BrN3O2. The number of halogens is 1. The summed E-state index contributed by atoms with van der Waals surface area (Å²) in [5, 5.41) is 0. The van der Waals surface area contributed by atoms with Gasteiger partial charge in [-0.15, -0.1) is 0 Å². The Morgan fingerprint density at radius 2 is 2.29 bits per heavy atom. The fourth-order valence-electron chi connectivity index (χ4n) is 2.66. The quantitative estimate of drug-likeness (QED) is 0.907. The molecule has 21 heavy (non-hydrogen) atoms. The van der Waals surface area contributed by atoms with Gasteiger partial charge in [0.2, 0.25) is 5.56 Å². The number of carbonyl (C=O) groups excluding carboxylic acids is 1. The Balaban J connectivity index is 1.93. The topological polar surface area (TPSA) is 66.1 Å². The highest BCUT2D eigenvalue weighted by atomic mass is 79.9. The maximum atomic E-state index is 12.7. The molecule has 3 rings (SSSR count). The molecule has 0 aromatic carbocycles. The minimum atomic E-state index is -0.282. The van der Waals surface area contributed by atoms with Crippen molar-refractivity contribution in [2.24, 2.45) is 0 Å². The van der Waals surface area contributed by atoms with Gasteiger partial charge >= 0.3 is 0 Å². The zero-order chi connectivity index (χ0) is 14.8. The van der Waals surface area contributed by atoms with Crippen molar-refractivity contribution in [1.29, 1.82) is 0 Å². The van der Waals surface area contributed by atoms with Crippen LogP contribution in [-0.2, 0) is 0 Å². The molecule has 1 fully saturated rings. The van der Waals surface area contributed by atoms with Crippen LogP contribution >= 0.6 is 15.9 Å². The number of rotatable bonds is 2. The second-order valence-electron chi connectivity index (χ2n) is 4.97. The third kappa shape index (κ3) is 2.76. The van der Waals surface area contributed by atoms with E-state index in [9.17, 15) is 9.59 Å². The van der Waals surface area contributed by atoms with Crippen LogP contribution < -0.4 is 5.56 Å². The molecule has 1 aliphatic heterocycles. The van der Waals surface area contributed by atoms with Gasteiger partial charge in [0.1, 0.15) is 0 Å². The minimum absolute atomic E-state index is 0.0233. The highest BCUT2D eigenvalue weighted by Gasteiger charge is 2.32. The van der Waals surface area contributed by atoms with Crippen LogP contribution in [-0.4, -0.2) is 27.3 Å². The van der Waals surface area contributed by atoms with Crippen LogP contribution in [0.1, 0.15) is 34.9 Å². The van der Waals surface area contributed by atoms with Crippen molar-refractivity contribution in [2.45, 2.75) is 18.9 Å². The van der Waals surface area contributed by atoms with Crippen molar-refractivity contribution in [3.8, 4) is 0 Å². The standard InChI is InChI=1S/C15H14BrN3O2/c16-11-9-18-14(20)8-10(11)15(21)19-7-3-5-13(19)12-4-1-2-6-17-12/h1-2,4,6,8-9,13H,3,5,7H2,(H,18,20). The molecule has 0 spiro atoms. The zero-order valence-corrected chi connectivity index (χ0v) is 12.8. The molecule has 1 saturated heterocycles. The molecule has 0 bridgehead atoms. The van der Waals surface area contributed by atoms with Crippen LogP contribution in [0.25, 0.3) is 0 Å². The van der Waals surface area contributed by atoms with E-state index in [1.54, 1.807) is 11.1 Å². The average molecular weight is 348 g/mol. The number of carbonyl (C=O) groups is 1. The van der Waals surface area contributed by atoms with Crippen molar-refractivity contribution < 1.29 is 4.79 Å². The van der Waals surface area contributed by atoms with Gasteiger partial charge in [-0.25, -0.2) is 0 Å². The lowest BCUT2D eigenvalue weighted by atomic mass is 10.1. The highest BCUT2D eigenvalue weighted by molar-refractivity contribution is 9.10. The van der Waals surface area contributed by atoms with Crippen LogP contribution in [0.3, 0.4) is 0 Å². The van der Waals surface area contributed by atoms with Crippen LogP contribution in [0.15, 0.2) is 45.9 Å². The molecule has 1 aliphatic rings. The van der Waals surface area contributed by atoms with E-state index in [1.165, 1.54) is 12.3 Å². The predicted molar refractivity (Wildman–Crippen MR) is 82.0 cm³/mol. The molecular weight excluding hydrogens is 334 g/mol. The summed E-state index contributed by atoms with van der Waals surface area (Å²) in [6.07, 6.45) is 5.07. The molecule has 1 N–H and O–H groups in total. The SMILES string of the molecule is O=C(c1cc(=O)[nH]cc1Br)N1CCCC1c1ccccn1. The van der Waals surface area contributed by atoms with Gasteiger partial charge in [-0.05, 0) is 40.9 Å². The lowest BCUT2D eigenvalue weighted by molar-refractivity contribution is 0.0731. The van der Waals surface area contributed by atoms with Crippen molar-refractivity contribution >= 4 is 21.8 Å². The molecule has 0 aliphatic carbocycles. The first-order chi connectivity index (χ1) is 10.2. The lowest BCUT2D eigenvalue weighted by Gasteiger charge is -2.24. The van der Waals surface area contributed by atoms with E-state index in [1.807, 2.05) is 18.2 Å². The third-order valence-electron chi connectivity index (χ3n) is 3.65. The van der Waals surface area contributed by atoms with Crippen LogP contribution in [0, 0.1) is 0 Å². The normalized spacial score (nSPS) is 18.0. The Labute approximate surface area is 130 Å². The number of pyridine rings is 2. The van der Waals surface area contributed by atoms with Gasteiger partial charge in [-0.1, -0.05) is 6.07 Å². The van der Waals surface area contributed by atoms with Gasteiger partial charge in [-0.2, -0.15) is 0 Å². The van der Waals surface area contributed by atoms with E-state index in [0.717, 1.165) is 18.5 Å². The third-order valence-corrected chi connectivity index (χ3v) is 4.30. The van der Waals surface area contributed by atoms with E-state index >= 15 is 0 Å². The number of H-pyrrole nitrogens is 1. The Morgan fingerprint density at radius 1 is 1.43 bits per heavy atom. The Bertz CT molecular complexity index is 714. The molecule has 3 heterocycles. The summed E-state index contributed by atoms with van der Waals surface area (Å²) in [7, 11) is 0. The van der Waals surface area contributed by atoms with E-state index in [-0.39, 0.29) is 17.5 Å². The van der Waals surface area contributed by atoms with Crippen LogP contribution in [0.5, 0.6) is 0 Å². The predicted octanol–water partition coefficient (Wildman–Crippen LogP) is 2.51. The summed E-state index contributed by atoms with van der Waals surface area (Å²) in [6, 6.07) is 7.03. The fourth-order valence-corrected chi connectivity index (χ4v) is 3.06. The highest BCUT2D eigenvalue weighted by Crippen LogP contribution is 2.32. The molecule has 0 radical (unpaired) electrons. The summed E-state index contributed by atoms with van der Waals surface area (Å²) in [5.41, 5.74) is 1.00. The summed E-state index contributed by atoms with van der Waals surface area (Å²) < 4.78 is 0.596. The van der Waals surface area contributed by atoms with Crippen LogP contribution in [0.4, 0.5) is 0 Å². The van der Waals surface area contributed by atoms with Gasteiger partial charge in [0.05, 0.1) is 17.3 Å². The molecule has 6 heteroatoms. The van der Waals surface area contributed by atoms with Crippen molar-refractivity contribution in [2.75, 3.05) is 6.54 Å². The molecule has 5 nitrogen and oxygen atoms in total. The largest absolute Gasteiger partial charge is 0.330 e. The number of likely N-dealkylation sites (tertiary alicyclic amines) is 1. The molecule has 1 unspecified atom stereocenters. The number of aromatic nitrogens is 2. The first-order valence-corrected chi connectivity index (χ1v) is 7.56. The van der Waals surface area contributed by atoms with Crippen LogP contribution in [0.2, 0.25) is 0 Å². The number of hydrogen-bond donors (Lipinski definition) is 1. The molecule has 2 aromatic rings. The van der Waals surface area contributed by atoms with Gasteiger partial charge in [-0.3, -0.25) is 14.6 Å². The van der Waals surface area contributed by atoms with E-state index < -0.39 is 0 Å². The fraction of sp³-hybridized carbons (Fsp3) is 0.267. The molecule has 108 valence electrons. The number of nitrogens with one attached hydrogen (secondary N) is 1. The second kappa shape index (κ2) is 5.81. The summed E-state index contributed by atoms with van der Waals surface area (Å²) >= 11 is 3.32. The van der Waals surface area contributed by atoms with E-state index in [0.29, 0.717) is 16.6 Å². The summed E-state index contributed by atoms with van der Waals surface area (Å²) in [4.78, 5) is 32.9. The number of aromatic amines is 1. The molecule has 2 aromatic heterocycles. The zero-order valence-electron chi connectivity index (χ0n) is 11.3. The summed E-state index contributed by atoms with van der Waals surface area (Å²) in [5.74, 6) is -0.138. The Hall–Kier alpha value is -1.95. The molecule has 0 saturated carbocycles. The van der Waals surface area contributed by atoms with Gasteiger partial charge < -0.3 is 9.88 Å². The number of amides is 1. The number of hydrogen-bond acceptors (Lipinski definition) is 3. The number of nitrogens with zero attached hydrogens (tertiary/aromatic N) is 2. The molecule has 1 atom stereocenters. The molecule has 1 amide bonds. The first kappa shape index (κ1) is 14.0. The average Bonchev–Trinajstić information content (AvgIpc) is 2.99.